The average Bonchev–Trinajstić information content (AvgIpc) is 3.08. The molecule has 3 rings (SSSR count). The van der Waals surface area contributed by atoms with Crippen molar-refractivity contribution in [1.29, 1.82) is 0 Å². The van der Waals surface area contributed by atoms with Crippen LogP contribution in [-0.4, -0.2) is 18.8 Å². The van der Waals surface area contributed by atoms with Gasteiger partial charge >= 0.3 is 0 Å². The molecule has 0 amide bonds. The largest absolute Gasteiger partial charge is 0.381 e. The Balaban J connectivity index is 1.75. The molecule has 1 aromatic rings. The first kappa shape index (κ1) is 12.5. The van der Waals surface area contributed by atoms with Crippen molar-refractivity contribution in [3.63, 3.8) is 0 Å². The van der Waals surface area contributed by atoms with E-state index in [-0.39, 0.29) is 5.54 Å². The summed E-state index contributed by atoms with van der Waals surface area (Å²) in [7, 11) is 0. The van der Waals surface area contributed by atoms with Crippen molar-refractivity contribution in [1.82, 2.24) is 0 Å². The van der Waals surface area contributed by atoms with E-state index in [4.69, 9.17) is 22.1 Å². The molecule has 1 heterocycles. The minimum absolute atomic E-state index is 0.0591. The highest BCUT2D eigenvalue weighted by atomic mass is 35.5. The SMILES string of the molecule is NC1(Cc2ccc(C3CCOCC3)c(Cl)c2)CC1. The van der Waals surface area contributed by atoms with Gasteiger partial charge in [-0.15, -0.1) is 0 Å². The second-order valence-corrected chi connectivity index (χ2v) is 6.19. The number of benzene rings is 1. The molecule has 2 aliphatic rings. The molecule has 1 saturated carbocycles. The number of hydrogen-bond donors (Lipinski definition) is 1. The van der Waals surface area contributed by atoms with Crippen LogP contribution in [0.5, 0.6) is 0 Å². The van der Waals surface area contributed by atoms with Gasteiger partial charge in [0.05, 0.1) is 0 Å². The molecule has 2 fully saturated rings. The monoisotopic (exact) mass is 265 g/mol. The summed E-state index contributed by atoms with van der Waals surface area (Å²) in [4.78, 5) is 0. The van der Waals surface area contributed by atoms with Gasteiger partial charge in [0.25, 0.3) is 0 Å². The Kier molecular flexibility index (Phi) is 3.35. The van der Waals surface area contributed by atoms with E-state index in [1.165, 1.54) is 11.1 Å². The topological polar surface area (TPSA) is 35.2 Å². The van der Waals surface area contributed by atoms with E-state index in [9.17, 15) is 0 Å². The van der Waals surface area contributed by atoms with Crippen molar-refractivity contribution in [2.24, 2.45) is 5.73 Å². The van der Waals surface area contributed by atoms with Gasteiger partial charge in [-0.05, 0) is 55.2 Å². The van der Waals surface area contributed by atoms with E-state index in [1.807, 2.05) is 0 Å². The second-order valence-electron chi connectivity index (χ2n) is 5.78. The van der Waals surface area contributed by atoms with E-state index < -0.39 is 0 Å². The predicted molar refractivity (Wildman–Crippen MR) is 74.1 cm³/mol. The molecule has 18 heavy (non-hydrogen) atoms. The fraction of sp³-hybridized carbons (Fsp3) is 0.600. The Morgan fingerprint density at radius 2 is 2.00 bits per heavy atom. The number of halogens is 1. The summed E-state index contributed by atoms with van der Waals surface area (Å²) >= 11 is 6.43. The molecule has 0 atom stereocenters. The lowest BCUT2D eigenvalue weighted by atomic mass is 9.90. The van der Waals surface area contributed by atoms with E-state index >= 15 is 0 Å². The zero-order valence-corrected chi connectivity index (χ0v) is 11.4. The molecule has 0 spiro atoms. The van der Waals surface area contributed by atoms with Crippen molar-refractivity contribution in [2.75, 3.05) is 13.2 Å². The van der Waals surface area contributed by atoms with Crippen LogP contribution in [-0.2, 0) is 11.2 Å². The third kappa shape index (κ3) is 2.71. The second kappa shape index (κ2) is 4.84. The van der Waals surface area contributed by atoms with E-state index in [0.29, 0.717) is 5.92 Å². The minimum atomic E-state index is 0.0591. The maximum absolute atomic E-state index is 6.43. The quantitative estimate of drug-likeness (QED) is 0.910. The molecule has 1 aromatic carbocycles. The Bertz CT molecular complexity index is 436. The molecule has 0 unspecified atom stereocenters. The van der Waals surface area contributed by atoms with Crippen LogP contribution in [0.25, 0.3) is 0 Å². The maximum atomic E-state index is 6.43. The van der Waals surface area contributed by atoms with Crippen LogP contribution in [0.1, 0.15) is 42.7 Å². The van der Waals surface area contributed by atoms with Gasteiger partial charge in [0.1, 0.15) is 0 Å². The zero-order valence-electron chi connectivity index (χ0n) is 10.6. The summed E-state index contributed by atoms with van der Waals surface area (Å²) in [5.74, 6) is 0.563. The van der Waals surface area contributed by atoms with Crippen LogP contribution in [0.4, 0.5) is 0 Å². The van der Waals surface area contributed by atoms with Crippen molar-refractivity contribution in [2.45, 2.75) is 43.6 Å². The summed E-state index contributed by atoms with van der Waals surface area (Å²) in [6.07, 6.45) is 5.42. The average molecular weight is 266 g/mol. The van der Waals surface area contributed by atoms with Crippen LogP contribution in [0, 0.1) is 0 Å². The van der Waals surface area contributed by atoms with E-state index in [1.54, 1.807) is 0 Å². The number of ether oxygens (including phenoxy) is 1. The highest BCUT2D eigenvalue weighted by Crippen LogP contribution is 2.37. The van der Waals surface area contributed by atoms with Gasteiger partial charge in [-0.1, -0.05) is 23.7 Å². The fourth-order valence-electron chi connectivity index (χ4n) is 2.76. The lowest BCUT2D eigenvalue weighted by molar-refractivity contribution is 0.0853. The van der Waals surface area contributed by atoms with E-state index in [0.717, 1.165) is 50.3 Å². The van der Waals surface area contributed by atoms with Crippen molar-refractivity contribution >= 4 is 11.6 Å². The molecule has 1 aliphatic heterocycles. The van der Waals surface area contributed by atoms with Crippen molar-refractivity contribution in [3.8, 4) is 0 Å². The first-order valence-corrected chi connectivity index (χ1v) is 7.19. The number of nitrogens with two attached hydrogens (primary N) is 1. The van der Waals surface area contributed by atoms with Gasteiger partial charge in [0, 0.05) is 23.8 Å². The third-order valence-electron chi connectivity index (χ3n) is 4.17. The smallest absolute Gasteiger partial charge is 0.0471 e. The summed E-state index contributed by atoms with van der Waals surface area (Å²) in [6, 6.07) is 6.50. The van der Waals surface area contributed by atoms with Gasteiger partial charge in [-0.2, -0.15) is 0 Å². The molecule has 0 bridgehead atoms. The maximum Gasteiger partial charge on any atom is 0.0471 e. The summed E-state index contributed by atoms with van der Waals surface area (Å²) in [5, 5.41) is 0.906. The first-order valence-electron chi connectivity index (χ1n) is 6.81. The Labute approximate surface area is 113 Å². The molecule has 0 radical (unpaired) electrons. The van der Waals surface area contributed by atoms with Crippen LogP contribution >= 0.6 is 11.6 Å². The number of hydrogen-bond acceptors (Lipinski definition) is 2. The highest BCUT2D eigenvalue weighted by Gasteiger charge is 2.38. The summed E-state index contributed by atoms with van der Waals surface area (Å²) in [6.45, 7) is 1.71. The molecular formula is C15H20ClNO. The van der Waals surface area contributed by atoms with Gasteiger partial charge in [-0.25, -0.2) is 0 Å². The van der Waals surface area contributed by atoms with Gasteiger partial charge in [-0.3, -0.25) is 0 Å². The van der Waals surface area contributed by atoms with E-state index in [2.05, 4.69) is 18.2 Å². The normalized spacial score (nSPS) is 23.0. The molecule has 0 aromatic heterocycles. The predicted octanol–water partition coefficient (Wildman–Crippen LogP) is 3.27. The summed E-state index contributed by atoms with van der Waals surface area (Å²) in [5.41, 5.74) is 8.77. The number of rotatable bonds is 3. The van der Waals surface area contributed by atoms with Gasteiger partial charge in [0.15, 0.2) is 0 Å². The highest BCUT2D eigenvalue weighted by molar-refractivity contribution is 6.31. The first-order chi connectivity index (χ1) is 8.66. The fourth-order valence-corrected chi connectivity index (χ4v) is 3.12. The molecular weight excluding hydrogens is 246 g/mol. The molecule has 2 N–H and O–H groups in total. The van der Waals surface area contributed by atoms with Crippen LogP contribution in [0.15, 0.2) is 18.2 Å². The molecule has 1 saturated heterocycles. The lowest BCUT2D eigenvalue weighted by Crippen LogP contribution is -2.24. The lowest BCUT2D eigenvalue weighted by Gasteiger charge is -2.23. The molecule has 3 heteroatoms. The van der Waals surface area contributed by atoms with Gasteiger partial charge in [0.2, 0.25) is 0 Å². The van der Waals surface area contributed by atoms with Crippen molar-refractivity contribution in [3.05, 3.63) is 34.3 Å². The van der Waals surface area contributed by atoms with Crippen LogP contribution in [0.3, 0.4) is 0 Å². The Morgan fingerprint density at radius 3 is 2.61 bits per heavy atom. The molecule has 2 nitrogen and oxygen atoms in total. The standard InChI is InChI=1S/C15H20ClNO/c16-14-9-11(10-15(17)5-6-15)1-2-13(14)12-3-7-18-8-4-12/h1-2,9,12H,3-8,10,17H2. The summed E-state index contributed by atoms with van der Waals surface area (Å²) < 4.78 is 5.40. The van der Waals surface area contributed by atoms with Crippen LogP contribution in [0.2, 0.25) is 5.02 Å². The molecule has 98 valence electrons. The minimum Gasteiger partial charge on any atom is -0.381 e. The molecule has 1 aliphatic carbocycles. The van der Waals surface area contributed by atoms with Gasteiger partial charge < -0.3 is 10.5 Å². The third-order valence-corrected chi connectivity index (χ3v) is 4.50. The Morgan fingerprint density at radius 1 is 1.28 bits per heavy atom. The van der Waals surface area contributed by atoms with Crippen LogP contribution < -0.4 is 5.73 Å². The zero-order chi connectivity index (χ0) is 12.6. The van der Waals surface area contributed by atoms with Crippen molar-refractivity contribution < 1.29 is 4.74 Å². The Hall–Kier alpha value is -0.570.